The van der Waals surface area contributed by atoms with Gasteiger partial charge >= 0.3 is 0 Å². The Balaban J connectivity index is 1.80. The van der Waals surface area contributed by atoms with Crippen LogP contribution in [0.3, 0.4) is 0 Å². The lowest BCUT2D eigenvalue weighted by molar-refractivity contribution is -0.383. The highest BCUT2D eigenvalue weighted by molar-refractivity contribution is 7.16. The Morgan fingerprint density at radius 2 is 2.13 bits per heavy atom. The van der Waals surface area contributed by atoms with E-state index >= 15 is 0 Å². The molecule has 23 heavy (non-hydrogen) atoms. The van der Waals surface area contributed by atoms with Crippen molar-refractivity contribution in [3.05, 3.63) is 56.8 Å². The maximum Gasteiger partial charge on any atom is 0.292 e. The van der Waals surface area contributed by atoms with Crippen molar-refractivity contribution >= 4 is 45.1 Å². The van der Waals surface area contributed by atoms with E-state index < -0.39 is 10.8 Å². The standard InChI is InChI=1S/C14H10N4O3S2/c15-9-4-3-8(6-11(9)18(20)21)13(19)17-14-16-10(7-23-14)12-2-1-5-22-12/h1-7H,15H2,(H,16,17,19). The lowest BCUT2D eigenvalue weighted by atomic mass is 10.1. The molecule has 0 aliphatic carbocycles. The summed E-state index contributed by atoms with van der Waals surface area (Å²) in [5.74, 6) is -0.472. The van der Waals surface area contributed by atoms with Crippen molar-refractivity contribution in [2.24, 2.45) is 0 Å². The van der Waals surface area contributed by atoms with Crippen LogP contribution >= 0.6 is 22.7 Å². The number of nitro benzene ring substituents is 1. The van der Waals surface area contributed by atoms with Gasteiger partial charge in [0, 0.05) is 17.0 Å². The molecule has 9 heteroatoms. The van der Waals surface area contributed by atoms with Crippen molar-refractivity contribution in [1.29, 1.82) is 0 Å². The summed E-state index contributed by atoms with van der Waals surface area (Å²) in [5.41, 5.74) is 6.17. The average molecular weight is 346 g/mol. The van der Waals surface area contributed by atoms with Gasteiger partial charge in [0.05, 0.1) is 15.5 Å². The summed E-state index contributed by atoms with van der Waals surface area (Å²) in [6, 6.07) is 7.79. The molecule has 0 saturated carbocycles. The third-order valence-corrected chi connectivity index (χ3v) is 4.64. The highest BCUT2D eigenvalue weighted by Gasteiger charge is 2.16. The SMILES string of the molecule is Nc1ccc(C(=O)Nc2nc(-c3cccs3)cs2)cc1[N+](=O)[O-]. The molecule has 1 aromatic carbocycles. The van der Waals surface area contributed by atoms with E-state index in [4.69, 9.17) is 5.73 Å². The minimum absolute atomic E-state index is 0.0146. The molecule has 0 spiro atoms. The van der Waals surface area contributed by atoms with Crippen molar-refractivity contribution in [2.45, 2.75) is 0 Å². The van der Waals surface area contributed by atoms with E-state index in [1.807, 2.05) is 22.9 Å². The van der Waals surface area contributed by atoms with Crippen LogP contribution < -0.4 is 11.1 Å². The predicted molar refractivity (Wildman–Crippen MR) is 90.9 cm³/mol. The van der Waals surface area contributed by atoms with Gasteiger partial charge in [-0.15, -0.1) is 22.7 Å². The van der Waals surface area contributed by atoms with Gasteiger partial charge in [0.1, 0.15) is 5.69 Å². The zero-order chi connectivity index (χ0) is 16.4. The number of carbonyl (C=O) groups is 1. The molecule has 2 aromatic heterocycles. The van der Waals surface area contributed by atoms with Crippen LogP contribution in [0.2, 0.25) is 0 Å². The monoisotopic (exact) mass is 346 g/mol. The van der Waals surface area contributed by atoms with Crippen LogP contribution in [0, 0.1) is 10.1 Å². The van der Waals surface area contributed by atoms with E-state index in [2.05, 4.69) is 10.3 Å². The van der Waals surface area contributed by atoms with Gasteiger partial charge in [0.25, 0.3) is 11.6 Å². The van der Waals surface area contributed by atoms with Gasteiger partial charge in [-0.3, -0.25) is 20.2 Å². The lowest BCUT2D eigenvalue weighted by Crippen LogP contribution is -2.12. The first-order valence-corrected chi connectivity index (χ1v) is 8.15. The largest absolute Gasteiger partial charge is 0.393 e. The molecule has 7 nitrogen and oxygen atoms in total. The van der Waals surface area contributed by atoms with Crippen LogP contribution in [-0.4, -0.2) is 15.8 Å². The third kappa shape index (κ3) is 3.20. The number of amides is 1. The van der Waals surface area contributed by atoms with Crippen LogP contribution in [0.5, 0.6) is 0 Å². The second kappa shape index (κ2) is 6.15. The van der Waals surface area contributed by atoms with Gasteiger partial charge in [0.15, 0.2) is 5.13 Å². The van der Waals surface area contributed by atoms with Crippen molar-refractivity contribution in [3.8, 4) is 10.6 Å². The van der Waals surface area contributed by atoms with Crippen LogP contribution in [-0.2, 0) is 0 Å². The summed E-state index contributed by atoms with van der Waals surface area (Å²) in [5, 5.41) is 17.7. The van der Waals surface area contributed by atoms with Gasteiger partial charge in [-0.2, -0.15) is 0 Å². The number of nitrogens with zero attached hydrogens (tertiary/aromatic N) is 2. The Hall–Kier alpha value is -2.78. The van der Waals surface area contributed by atoms with Crippen LogP contribution in [0.4, 0.5) is 16.5 Å². The third-order valence-electron chi connectivity index (χ3n) is 2.99. The molecule has 116 valence electrons. The highest BCUT2D eigenvalue weighted by atomic mass is 32.1. The lowest BCUT2D eigenvalue weighted by Gasteiger charge is -2.03. The number of hydrogen-bond donors (Lipinski definition) is 2. The minimum atomic E-state index is -0.621. The zero-order valence-electron chi connectivity index (χ0n) is 11.6. The summed E-state index contributed by atoms with van der Waals surface area (Å²) >= 11 is 2.84. The molecule has 0 aliphatic heterocycles. The van der Waals surface area contributed by atoms with E-state index in [9.17, 15) is 14.9 Å². The second-order valence-corrected chi connectivity index (χ2v) is 6.31. The van der Waals surface area contributed by atoms with E-state index in [1.54, 1.807) is 11.3 Å². The number of rotatable bonds is 4. The molecule has 0 atom stereocenters. The molecule has 2 heterocycles. The number of aromatic nitrogens is 1. The molecular weight excluding hydrogens is 336 g/mol. The summed E-state index contributed by atoms with van der Waals surface area (Å²) in [4.78, 5) is 27.8. The van der Waals surface area contributed by atoms with Gasteiger partial charge in [-0.25, -0.2) is 4.98 Å². The van der Waals surface area contributed by atoms with E-state index in [0.717, 1.165) is 16.6 Å². The minimum Gasteiger partial charge on any atom is -0.393 e. The number of hydrogen-bond acceptors (Lipinski definition) is 7. The molecule has 1 amide bonds. The van der Waals surface area contributed by atoms with Gasteiger partial charge < -0.3 is 5.73 Å². The van der Waals surface area contributed by atoms with E-state index in [0.29, 0.717) is 5.13 Å². The average Bonchev–Trinajstić information content (AvgIpc) is 3.18. The molecule has 0 unspecified atom stereocenters. The molecule has 0 saturated heterocycles. The fourth-order valence-corrected chi connectivity index (χ4v) is 3.35. The number of anilines is 2. The Bertz CT molecular complexity index is 874. The fraction of sp³-hybridized carbons (Fsp3) is 0. The number of thiazole rings is 1. The topological polar surface area (TPSA) is 111 Å². The van der Waals surface area contributed by atoms with Gasteiger partial charge in [-0.05, 0) is 23.6 Å². The molecule has 3 aromatic rings. The number of nitrogens with one attached hydrogen (secondary N) is 1. The molecule has 0 fully saturated rings. The molecule has 0 radical (unpaired) electrons. The Labute approximate surface area is 138 Å². The zero-order valence-corrected chi connectivity index (χ0v) is 13.2. The number of nitrogens with two attached hydrogens (primary N) is 1. The highest BCUT2D eigenvalue weighted by Crippen LogP contribution is 2.29. The normalized spacial score (nSPS) is 10.4. The number of benzene rings is 1. The number of nitrogen functional groups attached to an aromatic ring is 1. The first kappa shape index (κ1) is 15.1. The smallest absolute Gasteiger partial charge is 0.292 e. The van der Waals surface area contributed by atoms with Crippen molar-refractivity contribution < 1.29 is 9.72 Å². The number of carbonyl (C=O) groups excluding carboxylic acids is 1. The van der Waals surface area contributed by atoms with Gasteiger partial charge in [-0.1, -0.05) is 6.07 Å². The molecular formula is C14H10N4O3S2. The first-order valence-electron chi connectivity index (χ1n) is 6.39. The summed E-state index contributed by atoms with van der Waals surface area (Å²) in [6.07, 6.45) is 0. The maximum atomic E-state index is 12.2. The van der Waals surface area contributed by atoms with Gasteiger partial charge in [0.2, 0.25) is 0 Å². The Kier molecular flexibility index (Phi) is 4.04. The van der Waals surface area contributed by atoms with Crippen LogP contribution in [0.15, 0.2) is 41.1 Å². The number of thiophene rings is 1. The second-order valence-electron chi connectivity index (χ2n) is 4.50. The van der Waals surface area contributed by atoms with Crippen molar-refractivity contribution in [2.75, 3.05) is 11.1 Å². The summed E-state index contributed by atoms with van der Waals surface area (Å²) in [6.45, 7) is 0. The number of nitro groups is 1. The maximum absolute atomic E-state index is 12.2. The van der Waals surface area contributed by atoms with Crippen LogP contribution in [0.1, 0.15) is 10.4 Å². The Morgan fingerprint density at radius 3 is 2.83 bits per heavy atom. The summed E-state index contributed by atoms with van der Waals surface area (Å²) in [7, 11) is 0. The van der Waals surface area contributed by atoms with E-state index in [1.165, 1.54) is 23.5 Å². The van der Waals surface area contributed by atoms with Crippen molar-refractivity contribution in [1.82, 2.24) is 4.98 Å². The molecule has 0 bridgehead atoms. The van der Waals surface area contributed by atoms with Crippen LogP contribution in [0.25, 0.3) is 10.6 Å². The van der Waals surface area contributed by atoms with E-state index in [-0.39, 0.29) is 16.9 Å². The molecule has 3 N–H and O–H groups in total. The quantitative estimate of drug-likeness (QED) is 0.426. The fourth-order valence-electron chi connectivity index (χ4n) is 1.88. The predicted octanol–water partition coefficient (Wildman–Crippen LogP) is 3.61. The first-order chi connectivity index (χ1) is 11.0. The molecule has 0 aliphatic rings. The molecule has 3 rings (SSSR count). The summed E-state index contributed by atoms with van der Waals surface area (Å²) < 4.78 is 0. The Morgan fingerprint density at radius 1 is 1.30 bits per heavy atom. The van der Waals surface area contributed by atoms with Crippen molar-refractivity contribution in [3.63, 3.8) is 0 Å².